The van der Waals surface area contributed by atoms with Gasteiger partial charge in [0.25, 0.3) is 0 Å². The predicted molar refractivity (Wildman–Crippen MR) is 117 cm³/mol. The number of amides is 2. The van der Waals surface area contributed by atoms with Gasteiger partial charge in [-0.25, -0.2) is 4.39 Å². The maximum Gasteiger partial charge on any atom is 0.237 e. The average molecular weight is 465 g/mol. The number of carbonyl (C=O) groups is 2. The van der Waals surface area contributed by atoms with Crippen LogP contribution in [-0.2, 0) is 16.1 Å². The Bertz CT molecular complexity index is 847. The summed E-state index contributed by atoms with van der Waals surface area (Å²) >= 11 is 7.56. The summed E-state index contributed by atoms with van der Waals surface area (Å²) in [5, 5.41) is 0.185. The van der Waals surface area contributed by atoms with Gasteiger partial charge in [-0.3, -0.25) is 9.59 Å². The summed E-state index contributed by atoms with van der Waals surface area (Å²) in [6.45, 7) is 0.325. The Balaban J connectivity index is 2.03. The first-order valence-corrected chi connectivity index (χ1v) is 10.9. The Morgan fingerprint density at radius 1 is 1.14 bits per heavy atom. The lowest BCUT2D eigenvalue weighted by atomic mass is 10.1. The van der Waals surface area contributed by atoms with Crippen molar-refractivity contribution in [1.82, 2.24) is 0 Å². The zero-order valence-electron chi connectivity index (χ0n) is 15.4. The summed E-state index contributed by atoms with van der Waals surface area (Å²) in [5.74, 6) is 0.258. The molecule has 0 aromatic heterocycles. The number of para-hydroxylation sites is 2. The SMILES string of the molecule is O=C1CC(CCCS)N(C(=O)CBr)c2ccccc2N1Cc1ccc(F)cc1. The Morgan fingerprint density at radius 3 is 2.46 bits per heavy atom. The van der Waals surface area contributed by atoms with Gasteiger partial charge >= 0.3 is 0 Å². The molecule has 2 aromatic rings. The van der Waals surface area contributed by atoms with E-state index >= 15 is 0 Å². The normalized spacial score (nSPS) is 16.7. The highest BCUT2D eigenvalue weighted by Crippen LogP contribution is 2.37. The minimum Gasteiger partial charge on any atom is -0.306 e. The number of hydrogen-bond acceptors (Lipinski definition) is 3. The molecular weight excluding hydrogens is 443 g/mol. The molecule has 3 rings (SSSR count). The first-order chi connectivity index (χ1) is 13.5. The lowest BCUT2D eigenvalue weighted by molar-refractivity contribution is -0.119. The topological polar surface area (TPSA) is 40.6 Å². The molecule has 1 aliphatic rings. The molecule has 1 aliphatic heterocycles. The van der Waals surface area contributed by atoms with Crippen molar-refractivity contribution >= 4 is 51.7 Å². The molecule has 0 saturated carbocycles. The van der Waals surface area contributed by atoms with Crippen molar-refractivity contribution in [2.24, 2.45) is 0 Å². The van der Waals surface area contributed by atoms with Crippen LogP contribution in [0.4, 0.5) is 15.8 Å². The molecule has 1 unspecified atom stereocenters. The van der Waals surface area contributed by atoms with E-state index in [-0.39, 0.29) is 35.4 Å². The molecule has 2 amide bonds. The summed E-state index contributed by atoms with van der Waals surface area (Å²) in [6.07, 6.45) is 1.75. The van der Waals surface area contributed by atoms with Crippen LogP contribution in [0.5, 0.6) is 0 Å². The maximum absolute atomic E-state index is 13.3. The third kappa shape index (κ3) is 4.58. The van der Waals surface area contributed by atoms with E-state index in [1.54, 1.807) is 21.9 Å². The average Bonchev–Trinajstić information content (AvgIpc) is 2.82. The van der Waals surface area contributed by atoms with Crippen molar-refractivity contribution in [1.29, 1.82) is 0 Å². The van der Waals surface area contributed by atoms with Gasteiger partial charge in [-0.1, -0.05) is 40.2 Å². The van der Waals surface area contributed by atoms with Crippen LogP contribution in [0.25, 0.3) is 0 Å². The molecule has 28 heavy (non-hydrogen) atoms. The fraction of sp³-hybridized carbons (Fsp3) is 0.333. The smallest absolute Gasteiger partial charge is 0.237 e. The van der Waals surface area contributed by atoms with Crippen molar-refractivity contribution in [2.45, 2.75) is 31.8 Å². The summed E-state index contributed by atoms with van der Waals surface area (Å²) in [5.41, 5.74) is 2.25. The number of alkyl halides is 1. The number of carbonyl (C=O) groups excluding carboxylic acids is 2. The third-order valence-corrected chi connectivity index (χ3v) is 5.64. The van der Waals surface area contributed by atoms with Gasteiger partial charge in [0.2, 0.25) is 11.8 Å². The second-order valence-corrected chi connectivity index (χ2v) is 7.72. The molecule has 1 atom stereocenters. The fourth-order valence-electron chi connectivity index (χ4n) is 3.54. The zero-order valence-corrected chi connectivity index (χ0v) is 17.8. The molecule has 0 saturated heterocycles. The number of fused-ring (bicyclic) bond motifs is 1. The Kier molecular flexibility index (Phi) is 7.13. The largest absolute Gasteiger partial charge is 0.306 e. The van der Waals surface area contributed by atoms with Crippen molar-refractivity contribution in [3.05, 3.63) is 59.9 Å². The van der Waals surface area contributed by atoms with Gasteiger partial charge in [0.1, 0.15) is 5.82 Å². The second-order valence-electron chi connectivity index (χ2n) is 6.72. The van der Waals surface area contributed by atoms with E-state index in [1.807, 2.05) is 24.3 Å². The lowest BCUT2D eigenvalue weighted by Gasteiger charge is -2.30. The van der Waals surface area contributed by atoms with E-state index in [4.69, 9.17) is 0 Å². The standard InChI is InChI=1S/C21H22BrFN2O2S/c22-13-21(27)25-17(4-3-11-28)12-20(26)24(18-5-1-2-6-19(18)25)14-15-7-9-16(23)10-8-15/h1-2,5-10,17,28H,3-4,11-14H2. The van der Waals surface area contributed by atoms with Gasteiger partial charge in [-0.15, -0.1) is 0 Å². The maximum atomic E-state index is 13.3. The predicted octanol–water partition coefficient (Wildman–Crippen LogP) is 4.57. The van der Waals surface area contributed by atoms with Crippen LogP contribution >= 0.6 is 28.6 Å². The number of rotatable bonds is 6. The van der Waals surface area contributed by atoms with Gasteiger partial charge in [0.05, 0.1) is 23.2 Å². The highest BCUT2D eigenvalue weighted by atomic mass is 79.9. The summed E-state index contributed by atoms with van der Waals surface area (Å²) < 4.78 is 13.3. The van der Waals surface area contributed by atoms with E-state index in [0.29, 0.717) is 24.4 Å². The van der Waals surface area contributed by atoms with Crippen LogP contribution in [0.1, 0.15) is 24.8 Å². The number of thiol groups is 1. The van der Waals surface area contributed by atoms with Crippen molar-refractivity contribution in [2.75, 3.05) is 20.9 Å². The van der Waals surface area contributed by atoms with E-state index < -0.39 is 0 Å². The summed E-state index contributed by atoms with van der Waals surface area (Å²) in [4.78, 5) is 29.4. The first kappa shape index (κ1) is 20.9. The van der Waals surface area contributed by atoms with Crippen LogP contribution < -0.4 is 9.80 Å². The number of anilines is 2. The van der Waals surface area contributed by atoms with Gasteiger partial charge in [0.15, 0.2) is 0 Å². The highest BCUT2D eigenvalue weighted by molar-refractivity contribution is 9.09. The quantitative estimate of drug-likeness (QED) is 0.502. The second kappa shape index (κ2) is 9.56. The van der Waals surface area contributed by atoms with Gasteiger partial charge in [0, 0.05) is 12.5 Å². The van der Waals surface area contributed by atoms with E-state index in [2.05, 4.69) is 28.6 Å². The molecule has 0 N–H and O–H groups in total. The molecule has 4 nitrogen and oxygen atoms in total. The van der Waals surface area contributed by atoms with Gasteiger partial charge < -0.3 is 9.80 Å². The number of nitrogens with zero attached hydrogens (tertiary/aromatic N) is 2. The molecule has 0 aliphatic carbocycles. The van der Waals surface area contributed by atoms with Crippen molar-refractivity contribution in [3.63, 3.8) is 0 Å². The molecule has 0 bridgehead atoms. The van der Waals surface area contributed by atoms with Gasteiger partial charge in [-0.05, 0) is 48.4 Å². The monoisotopic (exact) mass is 464 g/mol. The lowest BCUT2D eigenvalue weighted by Crippen LogP contribution is -2.42. The van der Waals surface area contributed by atoms with E-state index in [9.17, 15) is 14.0 Å². The molecule has 1 heterocycles. The van der Waals surface area contributed by atoms with Crippen molar-refractivity contribution < 1.29 is 14.0 Å². The van der Waals surface area contributed by atoms with Crippen LogP contribution in [0.2, 0.25) is 0 Å². The summed E-state index contributed by atoms with van der Waals surface area (Å²) in [7, 11) is 0. The van der Waals surface area contributed by atoms with Crippen LogP contribution in [0.15, 0.2) is 48.5 Å². The minimum absolute atomic E-state index is 0.0502. The molecule has 0 radical (unpaired) electrons. The molecule has 148 valence electrons. The van der Waals surface area contributed by atoms with Crippen molar-refractivity contribution in [3.8, 4) is 0 Å². The Labute approximate surface area is 178 Å². The van der Waals surface area contributed by atoms with Crippen LogP contribution in [0.3, 0.4) is 0 Å². The van der Waals surface area contributed by atoms with Gasteiger partial charge in [-0.2, -0.15) is 12.6 Å². The number of hydrogen-bond donors (Lipinski definition) is 1. The number of halogens is 2. The fourth-order valence-corrected chi connectivity index (χ4v) is 3.99. The molecule has 0 spiro atoms. The van der Waals surface area contributed by atoms with E-state index in [0.717, 1.165) is 17.7 Å². The Hall–Kier alpha value is -1.86. The first-order valence-electron chi connectivity index (χ1n) is 9.18. The molecule has 2 aromatic carbocycles. The minimum atomic E-state index is -0.313. The highest BCUT2D eigenvalue weighted by Gasteiger charge is 2.35. The zero-order chi connectivity index (χ0) is 20.1. The number of benzene rings is 2. The van der Waals surface area contributed by atoms with E-state index in [1.165, 1.54) is 12.1 Å². The van der Waals surface area contributed by atoms with Crippen LogP contribution in [-0.4, -0.2) is 28.9 Å². The summed E-state index contributed by atoms with van der Waals surface area (Å²) in [6, 6.07) is 13.4. The molecule has 0 fully saturated rings. The Morgan fingerprint density at radius 2 is 1.82 bits per heavy atom. The molecule has 7 heteroatoms. The third-order valence-electron chi connectivity index (χ3n) is 4.84. The molecular formula is C21H22BrFN2O2S. The van der Waals surface area contributed by atoms with Crippen LogP contribution in [0, 0.1) is 5.82 Å².